The Hall–Kier alpha value is -2.31. The number of hydrogen-bond donors (Lipinski definition) is 1. The van der Waals surface area contributed by atoms with Gasteiger partial charge in [0.05, 0.1) is 20.1 Å². The number of aliphatic hydroxyl groups is 1. The monoisotopic (exact) mass is 342 g/mol. The molecule has 24 heavy (non-hydrogen) atoms. The predicted octanol–water partition coefficient (Wildman–Crippen LogP) is 3.45. The van der Waals surface area contributed by atoms with Gasteiger partial charge in [-0.05, 0) is 28.8 Å². The second-order valence-electron chi connectivity index (χ2n) is 5.25. The molecular formula is C18H18N2O3S. The van der Waals surface area contributed by atoms with E-state index in [-0.39, 0.29) is 6.61 Å². The van der Waals surface area contributed by atoms with Gasteiger partial charge >= 0.3 is 0 Å². The molecule has 0 fully saturated rings. The maximum Gasteiger partial charge on any atom is 0.276 e. The third-order valence-electron chi connectivity index (χ3n) is 3.53. The van der Waals surface area contributed by atoms with Gasteiger partial charge < -0.3 is 14.3 Å². The summed E-state index contributed by atoms with van der Waals surface area (Å²) in [6.45, 7) is 0.0613. The molecule has 0 spiro atoms. The van der Waals surface area contributed by atoms with Gasteiger partial charge in [-0.1, -0.05) is 48.2 Å². The molecule has 0 saturated heterocycles. The van der Waals surface area contributed by atoms with Crippen molar-refractivity contribution < 1.29 is 14.3 Å². The first kappa shape index (κ1) is 16.5. The average molecular weight is 342 g/mol. The molecule has 0 saturated carbocycles. The minimum Gasteiger partial charge on any atom is -0.497 e. The zero-order valence-electron chi connectivity index (χ0n) is 13.3. The molecule has 1 aromatic heterocycles. The number of aliphatic hydroxyl groups excluding tert-OH is 1. The van der Waals surface area contributed by atoms with Gasteiger partial charge in [-0.3, -0.25) is 0 Å². The predicted molar refractivity (Wildman–Crippen MR) is 92.0 cm³/mol. The molecule has 6 heteroatoms. The van der Waals surface area contributed by atoms with Crippen LogP contribution in [0.25, 0.3) is 0 Å². The maximum atomic E-state index is 9.04. The number of thioether (sulfide) groups is 1. The van der Waals surface area contributed by atoms with Gasteiger partial charge in [-0.2, -0.15) is 0 Å². The lowest BCUT2D eigenvalue weighted by Crippen LogP contribution is -1.89. The summed E-state index contributed by atoms with van der Waals surface area (Å²) >= 11 is 1.50. The van der Waals surface area contributed by atoms with Crippen LogP contribution in [-0.4, -0.2) is 22.4 Å². The highest BCUT2D eigenvalue weighted by molar-refractivity contribution is 7.98. The fourth-order valence-electron chi connectivity index (χ4n) is 2.17. The number of methoxy groups -OCH3 is 1. The first-order chi connectivity index (χ1) is 11.8. The van der Waals surface area contributed by atoms with Crippen LogP contribution in [0.2, 0.25) is 0 Å². The van der Waals surface area contributed by atoms with Crippen LogP contribution in [0.4, 0.5) is 0 Å². The first-order valence-electron chi connectivity index (χ1n) is 7.53. The van der Waals surface area contributed by atoms with Gasteiger partial charge in [-0.25, -0.2) is 0 Å². The molecule has 0 aliphatic rings. The lowest BCUT2D eigenvalue weighted by atomic mass is 10.1. The maximum absolute atomic E-state index is 9.04. The molecule has 5 nitrogen and oxygen atoms in total. The summed E-state index contributed by atoms with van der Waals surface area (Å²) in [6.07, 6.45) is 0.600. The largest absolute Gasteiger partial charge is 0.497 e. The Morgan fingerprint density at radius 1 is 0.958 bits per heavy atom. The van der Waals surface area contributed by atoms with Crippen LogP contribution in [-0.2, 0) is 18.8 Å². The van der Waals surface area contributed by atoms with E-state index in [2.05, 4.69) is 10.2 Å². The Morgan fingerprint density at radius 2 is 1.62 bits per heavy atom. The van der Waals surface area contributed by atoms with Crippen molar-refractivity contribution in [1.29, 1.82) is 0 Å². The molecule has 124 valence electrons. The molecule has 1 heterocycles. The van der Waals surface area contributed by atoms with Crippen molar-refractivity contribution in [2.75, 3.05) is 7.11 Å². The van der Waals surface area contributed by atoms with E-state index >= 15 is 0 Å². The molecule has 0 bridgehead atoms. The smallest absolute Gasteiger partial charge is 0.276 e. The summed E-state index contributed by atoms with van der Waals surface area (Å²) in [6, 6.07) is 15.6. The quantitative estimate of drug-likeness (QED) is 0.663. The molecule has 0 atom stereocenters. The SMILES string of the molecule is COc1ccc(Cc2nnc(SCc3ccc(CO)cc3)o2)cc1. The Labute approximate surface area is 144 Å². The number of aromatic nitrogens is 2. The molecule has 0 unspecified atom stereocenters. The van der Waals surface area contributed by atoms with E-state index in [1.807, 2.05) is 48.5 Å². The van der Waals surface area contributed by atoms with Gasteiger partial charge in [-0.15, -0.1) is 10.2 Å². The fourth-order valence-corrected chi connectivity index (χ4v) is 2.91. The normalized spacial score (nSPS) is 10.8. The van der Waals surface area contributed by atoms with Crippen LogP contribution >= 0.6 is 11.8 Å². The summed E-state index contributed by atoms with van der Waals surface area (Å²) in [5.41, 5.74) is 3.14. The van der Waals surface area contributed by atoms with E-state index in [1.165, 1.54) is 11.8 Å². The van der Waals surface area contributed by atoms with E-state index in [0.29, 0.717) is 17.5 Å². The molecule has 0 amide bonds. The van der Waals surface area contributed by atoms with Crippen molar-refractivity contribution in [3.63, 3.8) is 0 Å². The molecule has 1 N–H and O–H groups in total. The van der Waals surface area contributed by atoms with Crippen LogP contribution in [0.3, 0.4) is 0 Å². The Morgan fingerprint density at radius 3 is 2.29 bits per heavy atom. The topological polar surface area (TPSA) is 68.4 Å². The lowest BCUT2D eigenvalue weighted by Gasteiger charge is -2.01. The first-order valence-corrected chi connectivity index (χ1v) is 8.52. The Bertz CT molecular complexity index is 770. The summed E-state index contributed by atoms with van der Waals surface area (Å²) < 4.78 is 10.8. The highest BCUT2D eigenvalue weighted by Crippen LogP contribution is 2.23. The van der Waals surface area contributed by atoms with Crippen LogP contribution in [0.5, 0.6) is 5.75 Å². The summed E-state index contributed by atoms with van der Waals surface area (Å²) in [4.78, 5) is 0. The van der Waals surface area contributed by atoms with Crippen LogP contribution in [0, 0.1) is 0 Å². The average Bonchev–Trinajstić information content (AvgIpc) is 3.08. The van der Waals surface area contributed by atoms with E-state index in [0.717, 1.165) is 28.2 Å². The number of ether oxygens (including phenoxy) is 1. The zero-order chi connectivity index (χ0) is 16.8. The van der Waals surface area contributed by atoms with Crippen molar-refractivity contribution in [3.8, 4) is 5.75 Å². The van der Waals surface area contributed by atoms with Gasteiger partial charge in [0.1, 0.15) is 5.75 Å². The molecule has 3 aromatic rings. The summed E-state index contributed by atoms with van der Waals surface area (Å²) in [7, 11) is 1.65. The van der Waals surface area contributed by atoms with Crippen LogP contribution < -0.4 is 4.74 Å². The minimum atomic E-state index is 0.0613. The number of rotatable bonds is 7. The van der Waals surface area contributed by atoms with Gasteiger partial charge in [0, 0.05) is 5.75 Å². The van der Waals surface area contributed by atoms with Gasteiger partial charge in [0.2, 0.25) is 5.89 Å². The van der Waals surface area contributed by atoms with E-state index in [9.17, 15) is 0 Å². The van der Waals surface area contributed by atoms with Crippen molar-refractivity contribution >= 4 is 11.8 Å². The molecular weight excluding hydrogens is 324 g/mol. The van der Waals surface area contributed by atoms with Crippen LogP contribution in [0.15, 0.2) is 58.2 Å². The van der Waals surface area contributed by atoms with Crippen molar-refractivity contribution in [2.24, 2.45) is 0 Å². The number of benzene rings is 2. The second-order valence-corrected chi connectivity index (χ2v) is 6.18. The third kappa shape index (κ3) is 4.37. The van der Waals surface area contributed by atoms with E-state index < -0.39 is 0 Å². The molecule has 3 rings (SSSR count). The summed E-state index contributed by atoms with van der Waals surface area (Å²) in [5.74, 6) is 2.17. The molecule has 0 aliphatic heterocycles. The standard InChI is InChI=1S/C18H18N2O3S/c1-22-16-8-6-13(7-9-16)10-17-19-20-18(23-17)24-12-15-4-2-14(11-21)3-5-15/h2-9,21H,10-12H2,1H3. The molecule has 2 aromatic carbocycles. The minimum absolute atomic E-state index is 0.0613. The second kappa shape index (κ2) is 7.99. The molecule has 0 aliphatic carbocycles. The summed E-state index contributed by atoms with van der Waals surface area (Å²) in [5, 5.41) is 17.8. The zero-order valence-corrected chi connectivity index (χ0v) is 14.1. The highest BCUT2D eigenvalue weighted by atomic mass is 32.2. The van der Waals surface area contributed by atoms with Crippen molar-refractivity contribution in [2.45, 2.75) is 24.0 Å². The van der Waals surface area contributed by atoms with Crippen LogP contribution in [0.1, 0.15) is 22.6 Å². The van der Waals surface area contributed by atoms with E-state index in [1.54, 1.807) is 7.11 Å². The van der Waals surface area contributed by atoms with Crippen molar-refractivity contribution in [3.05, 3.63) is 71.1 Å². The van der Waals surface area contributed by atoms with Gasteiger partial charge in [0.15, 0.2) is 0 Å². The number of nitrogens with zero attached hydrogens (tertiary/aromatic N) is 2. The highest BCUT2D eigenvalue weighted by Gasteiger charge is 2.08. The fraction of sp³-hybridized carbons (Fsp3) is 0.222. The number of hydrogen-bond acceptors (Lipinski definition) is 6. The third-order valence-corrected chi connectivity index (χ3v) is 4.42. The molecule has 0 radical (unpaired) electrons. The van der Waals surface area contributed by atoms with Gasteiger partial charge in [0.25, 0.3) is 5.22 Å². The lowest BCUT2D eigenvalue weighted by molar-refractivity contribution is 0.282. The van der Waals surface area contributed by atoms with Crippen molar-refractivity contribution in [1.82, 2.24) is 10.2 Å². The van der Waals surface area contributed by atoms with E-state index in [4.69, 9.17) is 14.3 Å². The Balaban J connectivity index is 1.56. The Kier molecular flexibility index (Phi) is 5.51.